The van der Waals surface area contributed by atoms with Crippen LogP contribution in [-0.4, -0.2) is 52.2 Å². The molecule has 26 heavy (non-hydrogen) atoms. The number of likely N-dealkylation sites (tertiary alicyclic amines) is 1. The van der Waals surface area contributed by atoms with E-state index >= 15 is 0 Å². The number of alkyl halides is 2. The van der Waals surface area contributed by atoms with Crippen LogP contribution in [0.5, 0.6) is 0 Å². The highest BCUT2D eigenvalue weighted by atomic mass is 19.3. The van der Waals surface area contributed by atoms with Crippen molar-refractivity contribution >= 4 is 5.82 Å². The minimum Gasteiger partial charge on any atom is -0.354 e. The van der Waals surface area contributed by atoms with Gasteiger partial charge in [0.25, 0.3) is 5.92 Å². The topological polar surface area (TPSA) is 45.2 Å². The summed E-state index contributed by atoms with van der Waals surface area (Å²) in [5, 5.41) is 8.25. The molecule has 0 radical (unpaired) electrons. The van der Waals surface area contributed by atoms with Gasteiger partial charge in [-0.1, -0.05) is 6.07 Å². The van der Waals surface area contributed by atoms with Crippen LogP contribution in [0.1, 0.15) is 24.1 Å². The average molecular weight is 359 g/mol. The molecule has 0 amide bonds. The molecule has 4 heterocycles. The molecule has 0 bridgehead atoms. The summed E-state index contributed by atoms with van der Waals surface area (Å²) in [6, 6.07) is 7.63. The van der Waals surface area contributed by atoms with Crippen molar-refractivity contribution in [3.8, 4) is 0 Å². The maximum atomic E-state index is 14.9. The van der Waals surface area contributed by atoms with E-state index in [1.165, 1.54) is 0 Å². The predicted octanol–water partition coefficient (Wildman–Crippen LogP) is 2.92. The zero-order valence-electron chi connectivity index (χ0n) is 14.9. The van der Waals surface area contributed by atoms with E-state index in [0.29, 0.717) is 45.0 Å². The number of hydrogen-bond acceptors (Lipinski definition) is 5. The Morgan fingerprint density at radius 1 is 1.08 bits per heavy atom. The van der Waals surface area contributed by atoms with Crippen molar-refractivity contribution in [2.24, 2.45) is 5.41 Å². The number of aromatic nitrogens is 3. The van der Waals surface area contributed by atoms with Gasteiger partial charge in [0.15, 0.2) is 5.82 Å². The van der Waals surface area contributed by atoms with Crippen molar-refractivity contribution < 1.29 is 8.78 Å². The third kappa shape index (κ3) is 3.16. The predicted molar refractivity (Wildman–Crippen MR) is 95.1 cm³/mol. The normalized spacial score (nSPS) is 25.7. The van der Waals surface area contributed by atoms with Crippen molar-refractivity contribution in [2.75, 3.05) is 31.1 Å². The van der Waals surface area contributed by atoms with Crippen LogP contribution in [0, 0.1) is 12.3 Å². The third-order valence-corrected chi connectivity index (χ3v) is 5.63. The minimum atomic E-state index is -2.66. The molecule has 4 rings (SSSR count). The van der Waals surface area contributed by atoms with E-state index in [4.69, 9.17) is 0 Å². The first kappa shape index (κ1) is 17.3. The van der Waals surface area contributed by atoms with Crippen LogP contribution in [0.3, 0.4) is 0 Å². The highest BCUT2D eigenvalue weighted by Gasteiger charge is 2.59. The Balaban J connectivity index is 1.52. The molecule has 5 nitrogen and oxygen atoms in total. The molecule has 2 saturated heterocycles. The van der Waals surface area contributed by atoms with Crippen LogP contribution in [-0.2, 0) is 6.54 Å². The molecule has 2 aromatic heterocycles. The number of hydrogen-bond donors (Lipinski definition) is 0. The fraction of sp³-hybridized carbons (Fsp3) is 0.526. The molecule has 2 aliphatic heterocycles. The van der Waals surface area contributed by atoms with Crippen LogP contribution in [0.2, 0.25) is 0 Å². The molecule has 2 aliphatic rings. The average Bonchev–Trinajstić information content (AvgIpc) is 3.06. The minimum absolute atomic E-state index is 0.0965. The van der Waals surface area contributed by atoms with E-state index < -0.39 is 11.3 Å². The summed E-state index contributed by atoms with van der Waals surface area (Å²) in [5.74, 6) is -1.97. The van der Waals surface area contributed by atoms with E-state index in [9.17, 15) is 8.78 Å². The molecular formula is C19H23F2N5. The molecule has 1 atom stereocenters. The second-order valence-electron chi connectivity index (χ2n) is 7.51. The molecule has 1 spiro atoms. The quantitative estimate of drug-likeness (QED) is 0.843. The number of aryl methyl sites for hydroxylation is 1. The van der Waals surface area contributed by atoms with Gasteiger partial charge in [0.2, 0.25) is 0 Å². The lowest BCUT2D eigenvalue weighted by atomic mass is 9.75. The Hall–Kier alpha value is -2.15. The molecule has 7 heteroatoms. The summed E-state index contributed by atoms with van der Waals surface area (Å²) < 4.78 is 29.9. The number of halogens is 2. The summed E-state index contributed by atoms with van der Waals surface area (Å²) in [6.07, 6.45) is 3.91. The highest BCUT2D eigenvalue weighted by molar-refractivity contribution is 5.40. The van der Waals surface area contributed by atoms with Crippen molar-refractivity contribution in [3.63, 3.8) is 0 Å². The lowest BCUT2D eigenvalue weighted by Crippen LogP contribution is -2.56. The standard InChI is InChI=1S/C19H23F2N5/c1-15-4-5-17(24-23-15)26-10-6-18(14-26)13-25(9-7-19(18,20)21)12-16-3-2-8-22-11-16/h2-5,8,11H,6-7,9-10,12-14H2,1H3. The summed E-state index contributed by atoms with van der Waals surface area (Å²) in [4.78, 5) is 8.22. The fourth-order valence-electron chi connectivity index (χ4n) is 4.13. The summed E-state index contributed by atoms with van der Waals surface area (Å²) in [7, 11) is 0. The maximum Gasteiger partial charge on any atom is 0.257 e. The van der Waals surface area contributed by atoms with Gasteiger partial charge in [0.1, 0.15) is 0 Å². The molecule has 0 N–H and O–H groups in total. The van der Waals surface area contributed by atoms with Crippen LogP contribution >= 0.6 is 0 Å². The molecule has 2 fully saturated rings. The Labute approximate surface area is 152 Å². The van der Waals surface area contributed by atoms with Gasteiger partial charge in [-0.05, 0) is 37.1 Å². The van der Waals surface area contributed by atoms with Gasteiger partial charge in [-0.3, -0.25) is 9.88 Å². The third-order valence-electron chi connectivity index (χ3n) is 5.63. The highest BCUT2D eigenvalue weighted by Crippen LogP contribution is 2.50. The van der Waals surface area contributed by atoms with Crippen molar-refractivity contribution in [1.82, 2.24) is 20.1 Å². The molecule has 1 unspecified atom stereocenters. The smallest absolute Gasteiger partial charge is 0.257 e. The lowest BCUT2D eigenvalue weighted by molar-refractivity contribution is -0.158. The number of anilines is 1. The molecule has 0 aliphatic carbocycles. The largest absolute Gasteiger partial charge is 0.354 e. The van der Waals surface area contributed by atoms with E-state index in [-0.39, 0.29) is 6.42 Å². The molecule has 0 aromatic carbocycles. The second kappa shape index (κ2) is 6.54. The van der Waals surface area contributed by atoms with Gasteiger partial charge in [0, 0.05) is 51.5 Å². The lowest BCUT2D eigenvalue weighted by Gasteiger charge is -2.46. The van der Waals surface area contributed by atoms with E-state index in [1.807, 2.05) is 42.3 Å². The molecule has 2 aromatic rings. The zero-order valence-corrected chi connectivity index (χ0v) is 14.9. The van der Waals surface area contributed by atoms with E-state index in [2.05, 4.69) is 20.1 Å². The van der Waals surface area contributed by atoms with Crippen LogP contribution in [0.25, 0.3) is 0 Å². The summed E-state index contributed by atoms with van der Waals surface area (Å²) in [6.45, 7) is 4.25. The van der Waals surface area contributed by atoms with Crippen LogP contribution in [0.15, 0.2) is 36.7 Å². The summed E-state index contributed by atoms with van der Waals surface area (Å²) >= 11 is 0. The monoisotopic (exact) mass is 359 g/mol. The van der Waals surface area contributed by atoms with Crippen molar-refractivity contribution in [1.29, 1.82) is 0 Å². The fourth-order valence-corrected chi connectivity index (χ4v) is 4.13. The van der Waals surface area contributed by atoms with Gasteiger partial charge < -0.3 is 4.90 Å². The first-order valence-electron chi connectivity index (χ1n) is 9.02. The van der Waals surface area contributed by atoms with Crippen LogP contribution in [0.4, 0.5) is 14.6 Å². The van der Waals surface area contributed by atoms with Crippen molar-refractivity contribution in [3.05, 3.63) is 47.9 Å². The van der Waals surface area contributed by atoms with Gasteiger partial charge >= 0.3 is 0 Å². The summed E-state index contributed by atoms with van der Waals surface area (Å²) in [5.41, 5.74) is 0.862. The van der Waals surface area contributed by atoms with Gasteiger partial charge in [0.05, 0.1) is 11.1 Å². The molecule has 138 valence electrons. The van der Waals surface area contributed by atoms with E-state index in [1.54, 1.807) is 6.20 Å². The van der Waals surface area contributed by atoms with Gasteiger partial charge in [-0.25, -0.2) is 8.78 Å². The number of rotatable bonds is 3. The maximum absolute atomic E-state index is 14.9. The Morgan fingerprint density at radius 3 is 2.69 bits per heavy atom. The zero-order chi connectivity index (χ0) is 18.2. The number of pyridine rings is 1. The SMILES string of the molecule is Cc1ccc(N2CCC3(CN(Cc4cccnc4)CCC3(F)F)C2)nn1. The number of piperidine rings is 1. The Kier molecular flexibility index (Phi) is 4.34. The number of nitrogens with zero attached hydrogens (tertiary/aromatic N) is 5. The Morgan fingerprint density at radius 2 is 1.96 bits per heavy atom. The first-order chi connectivity index (χ1) is 12.5. The van der Waals surface area contributed by atoms with Crippen LogP contribution < -0.4 is 4.90 Å². The molecule has 0 saturated carbocycles. The van der Waals surface area contributed by atoms with E-state index in [0.717, 1.165) is 11.3 Å². The first-order valence-corrected chi connectivity index (χ1v) is 9.02. The van der Waals surface area contributed by atoms with Gasteiger partial charge in [-0.15, -0.1) is 5.10 Å². The second-order valence-corrected chi connectivity index (χ2v) is 7.51. The Bertz CT molecular complexity index is 752. The van der Waals surface area contributed by atoms with Crippen molar-refractivity contribution in [2.45, 2.75) is 32.2 Å². The molecular weight excluding hydrogens is 336 g/mol. The van der Waals surface area contributed by atoms with Gasteiger partial charge in [-0.2, -0.15) is 5.10 Å².